The van der Waals surface area contributed by atoms with E-state index in [9.17, 15) is 19.7 Å². The van der Waals surface area contributed by atoms with Crippen LogP contribution in [0.25, 0.3) is 0 Å². The maximum absolute atomic E-state index is 11.1. The SMILES string of the molecule is CC(=O)c1cc([N+](=O)[O-])c(C=O)cc1C#N. The van der Waals surface area contributed by atoms with Gasteiger partial charge < -0.3 is 0 Å². The molecule has 16 heavy (non-hydrogen) atoms. The van der Waals surface area contributed by atoms with Crippen molar-refractivity contribution in [2.24, 2.45) is 0 Å². The number of hydrogen-bond acceptors (Lipinski definition) is 5. The molecule has 0 unspecified atom stereocenters. The molecule has 0 aliphatic heterocycles. The van der Waals surface area contributed by atoms with Crippen molar-refractivity contribution in [1.82, 2.24) is 0 Å². The predicted octanol–water partition coefficient (Wildman–Crippen LogP) is 1.48. The minimum absolute atomic E-state index is 0.0415. The highest BCUT2D eigenvalue weighted by atomic mass is 16.6. The quantitative estimate of drug-likeness (QED) is 0.331. The molecule has 0 fully saturated rings. The number of Topliss-reactive ketones (excluding diaryl/α,β-unsaturated/α-hetero) is 1. The summed E-state index contributed by atoms with van der Waals surface area (Å²) in [4.78, 5) is 31.6. The first-order valence-corrected chi connectivity index (χ1v) is 4.20. The molecule has 6 nitrogen and oxygen atoms in total. The fourth-order valence-electron chi connectivity index (χ4n) is 1.24. The molecule has 1 aromatic carbocycles. The third-order valence-electron chi connectivity index (χ3n) is 1.99. The van der Waals surface area contributed by atoms with Crippen LogP contribution in [0.3, 0.4) is 0 Å². The number of ketones is 1. The molecule has 0 saturated heterocycles. The molecule has 1 aromatic rings. The minimum Gasteiger partial charge on any atom is -0.298 e. The minimum atomic E-state index is -0.767. The van der Waals surface area contributed by atoms with Crippen LogP contribution >= 0.6 is 0 Å². The Morgan fingerprint density at radius 1 is 1.56 bits per heavy atom. The molecule has 6 heteroatoms. The first-order valence-electron chi connectivity index (χ1n) is 4.20. The molecule has 0 saturated carbocycles. The van der Waals surface area contributed by atoms with Crippen molar-refractivity contribution in [2.75, 3.05) is 0 Å². The average molecular weight is 218 g/mol. The monoisotopic (exact) mass is 218 g/mol. The number of nitrogens with zero attached hydrogens (tertiary/aromatic N) is 2. The van der Waals surface area contributed by atoms with Gasteiger partial charge in [-0.3, -0.25) is 19.7 Å². The highest BCUT2D eigenvalue weighted by Crippen LogP contribution is 2.22. The number of carbonyl (C=O) groups is 2. The van der Waals surface area contributed by atoms with E-state index in [1.165, 1.54) is 6.92 Å². The van der Waals surface area contributed by atoms with Crippen LogP contribution < -0.4 is 0 Å². The molecule has 0 atom stereocenters. The van der Waals surface area contributed by atoms with E-state index >= 15 is 0 Å². The third-order valence-corrected chi connectivity index (χ3v) is 1.99. The first-order chi connectivity index (χ1) is 7.51. The van der Waals surface area contributed by atoms with E-state index in [-0.39, 0.29) is 23.0 Å². The van der Waals surface area contributed by atoms with E-state index in [4.69, 9.17) is 5.26 Å². The number of benzene rings is 1. The second-order valence-electron chi connectivity index (χ2n) is 3.00. The zero-order valence-corrected chi connectivity index (χ0v) is 8.26. The fraction of sp³-hybridized carbons (Fsp3) is 0.100. The lowest BCUT2D eigenvalue weighted by Gasteiger charge is -2.01. The lowest BCUT2D eigenvalue weighted by molar-refractivity contribution is -0.385. The van der Waals surface area contributed by atoms with Crippen LogP contribution in [0, 0.1) is 21.4 Å². The van der Waals surface area contributed by atoms with Gasteiger partial charge in [-0.25, -0.2) is 0 Å². The average Bonchev–Trinajstić information content (AvgIpc) is 2.26. The van der Waals surface area contributed by atoms with Crippen LogP contribution in [0.1, 0.15) is 33.2 Å². The Morgan fingerprint density at radius 2 is 2.19 bits per heavy atom. The van der Waals surface area contributed by atoms with Crippen LogP contribution in [0.2, 0.25) is 0 Å². The molecule has 0 heterocycles. The van der Waals surface area contributed by atoms with Crippen LogP contribution in [0.15, 0.2) is 12.1 Å². The lowest BCUT2D eigenvalue weighted by Crippen LogP contribution is -2.02. The van der Waals surface area contributed by atoms with Gasteiger partial charge in [0.2, 0.25) is 0 Å². The van der Waals surface area contributed by atoms with Crippen LogP contribution in [-0.2, 0) is 0 Å². The molecule has 0 aliphatic rings. The van der Waals surface area contributed by atoms with Gasteiger partial charge in [0.1, 0.15) is 0 Å². The van der Waals surface area contributed by atoms with Crippen LogP contribution in [0.5, 0.6) is 0 Å². The van der Waals surface area contributed by atoms with Gasteiger partial charge in [-0.1, -0.05) is 0 Å². The van der Waals surface area contributed by atoms with E-state index in [0.717, 1.165) is 12.1 Å². The van der Waals surface area contributed by atoms with Crippen molar-refractivity contribution in [1.29, 1.82) is 5.26 Å². The molecule has 0 radical (unpaired) electrons. The number of aldehydes is 1. The normalized spacial score (nSPS) is 9.25. The lowest BCUT2D eigenvalue weighted by atomic mass is 10.0. The number of nitro benzene ring substituents is 1. The number of nitriles is 1. The Morgan fingerprint density at radius 3 is 2.56 bits per heavy atom. The Balaban J connectivity index is 3.61. The summed E-state index contributed by atoms with van der Waals surface area (Å²) >= 11 is 0. The first kappa shape index (κ1) is 11.5. The molecular formula is C10H6N2O4. The zero-order valence-electron chi connectivity index (χ0n) is 8.26. The summed E-state index contributed by atoms with van der Waals surface area (Å²) in [6.07, 6.45) is 0.281. The second kappa shape index (κ2) is 4.31. The Hall–Kier alpha value is -2.55. The molecular weight excluding hydrogens is 212 g/mol. The Kier molecular flexibility index (Phi) is 3.11. The van der Waals surface area contributed by atoms with Gasteiger partial charge in [0.05, 0.1) is 22.1 Å². The largest absolute Gasteiger partial charge is 0.298 e. The molecule has 80 valence electrons. The summed E-state index contributed by atoms with van der Waals surface area (Å²) in [6.45, 7) is 1.19. The summed E-state index contributed by atoms with van der Waals surface area (Å²) in [5, 5.41) is 19.3. The van der Waals surface area contributed by atoms with E-state index in [0.29, 0.717) is 0 Å². The van der Waals surface area contributed by atoms with Crippen molar-refractivity contribution in [3.63, 3.8) is 0 Å². The molecule has 0 spiro atoms. The van der Waals surface area contributed by atoms with E-state index < -0.39 is 16.4 Å². The van der Waals surface area contributed by atoms with Crippen molar-refractivity contribution in [3.05, 3.63) is 38.9 Å². The molecule has 0 bridgehead atoms. The number of hydrogen-bond donors (Lipinski definition) is 0. The van der Waals surface area contributed by atoms with Crippen LogP contribution in [-0.4, -0.2) is 17.0 Å². The van der Waals surface area contributed by atoms with Crippen LogP contribution in [0.4, 0.5) is 5.69 Å². The van der Waals surface area contributed by atoms with Crippen molar-refractivity contribution >= 4 is 17.8 Å². The smallest absolute Gasteiger partial charge is 0.280 e. The third kappa shape index (κ3) is 1.93. The summed E-state index contributed by atoms with van der Waals surface area (Å²) in [7, 11) is 0. The molecule has 0 aromatic heterocycles. The van der Waals surface area contributed by atoms with Crippen molar-refractivity contribution < 1.29 is 14.5 Å². The standard InChI is InChI=1S/C10H6N2O4/c1-6(14)9-3-10(12(15)16)8(5-13)2-7(9)4-11/h2-3,5H,1H3. The Labute approximate surface area is 90.3 Å². The molecule has 0 amide bonds. The van der Waals surface area contributed by atoms with Gasteiger partial charge >= 0.3 is 0 Å². The maximum Gasteiger partial charge on any atom is 0.280 e. The summed E-state index contributed by atoms with van der Waals surface area (Å²) in [6, 6.07) is 3.71. The van der Waals surface area contributed by atoms with Crippen molar-refractivity contribution in [2.45, 2.75) is 6.92 Å². The second-order valence-corrected chi connectivity index (χ2v) is 3.00. The summed E-state index contributed by atoms with van der Waals surface area (Å²) in [5.74, 6) is -0.461. The number of nitro groups is 1. The summed E-state index contributed by atoms with van der Waals surface area (Å²) in [5.41, 5.74) is -0.786. The summed E-state index contributed by atoms with van der Waals surface area (Å²) < 4.78 is 0. The number of carbonyl (C=O) groups excluding carboxylic acids is 2. The van der Waals surface area contributed by atoms with Gasteiger partial charge in [0, 0.05) is 11.6 Å². The van der Waals surface area contributed by atoms with Gasteiger partial charge in [-0.05, 0) is 13.0 Å². The molecule has 0 N–H and O–H groups in total. The fourth-order valence-corrected chi connectivity index (χ4v) is 1.24. The van der Waals surface area contributed by atoms with Gasteiger partial charge in [-0.15, -0.1) is 0 Å². The zero-order chi connectivity index (χ0) is 12.3. The maximum atomic E-state index is 11.1. The number of rotatable bonds is 3. The Bertz CT molecular complexity index is 528. The highest BCUT2D eigenvalue weighted by molar-refractivity contribution is 5.98. The van der Waals surface area contributed by atoms with Crippen molar-refractivity contribution in [3.8, 4) is 6.07 Å². The van der Waals surface area contributed by atoms with E-state index in [1.54, 1.807) is 6.07 Å². The molecule has 0 aliphatic carbocycles. The van der Waals surface area contributed by atoms with Gasteiger partial charge in [0.25, 0.3) is 5.69 Å². The van der Waals surface area contributed by atoms with Gasteiger partial charge in [-0.2, -0.15) is 5.26 Å². The predicted molar refractivity (Wildman–Crippen MR) is 53.2 cm³/mol. The van der Waals surface area contributed by atoms with E-state index in [2.05, 4.69) is 0 Å². The van der Waals surface area contributed by atoms with Gasteiger partial charge in [0.15, 0.2) is 12.1 Å². The van der Waals surface area contributed by atoms with E-state index in [1.807, 2.05) is 0 Å². The molecule has 1 rings (SSSR count). The topological polar surface area (TPSA) is 101 Å². The highest BCUT2D eigenvalue weighted by Gasteiger charge is 2.19.